The highest BCUT2D eigenvalue weighted by Crippen LogP contribution is 2.29. The van der Waals surface area contributed by atoms with Crippen molar-refractivity contribution in [3.8, 4) is 29.7 Å². The van der Waals surface area contributed by atoms with Crippen LogP contribution in [0.2, 0.25) is 0 Å². The third-order valence-corrected chi connectivity index (χ3v) is 5.41. The summed E-state index contributed by atoms with van der Waals surface area (Å²) >= 11 is 0. The van der Waals surface area contributed by atoms with Gasteiger partial charge in [-0.3, -0.25) is 0 Å². The van der Waals surface area contributed by atoms with Crippen LogP contribution in [0, 0.1) is 34.0 Å². The summed E-state index contributed by atoms with van der Waals surface area (Å²) in [5, 5.41) is 28.9. The van der Waals surface area contributed by atoms with Crippen LogP contribution in [0.15, 0.2) is 48.5 Å². The highest BCUT2D eigenvalue weighted by molar-refractivity contribution is 6.21. The Hall–Kier alpha value is -5.39. The number of fused-ring (bicyclic) bond motifs is 2. The molecular weight excluding hydrogens is 420 g/mol. The molecule has 5 rings (SSSR count). The molecule has 0 atom stereocenters. The Kier molecular flexibility index (Phi) is 4.20. The fourth-order valence-corrected chi connectivity index (χ4v) is 3.92. The highest BCUT2D eigenvalue weighted by atomic mass is 16.5. The number of ether oxygens (including phenoxy) is 2. The molecule has 2 heterocycles. The van der Waals surface area contributed by atoms with Crippen molar-refractivity contribution < 1.29 is 19.1 Å². The molecule has 0 amide bonds. The average molecular weight is 430 g/mol. The van der Waals surface area contributed by atoms with Crippen LogP contribution in [0.1, 0.15) is 27.8 Å². The molecule has 33 heavy (non-hydrogen) atoms. The van der Waals surface area contributed by atoms with E-state index in [4.69, 9.17) is 15.2 Å². The molecule has 154 valence electrons. The van der Waals surface area contributed by atoms with E-state index in [0.717, 1.165) is 0 Å². The van der Waals surface area contributed by atoms with Gasteiger partial charge in [-0.2, -0.15) is 15.8 Å². The number of nitrogen functional groups attached to an aromatic ring is 1. The maximum atomic E-state index is 12.7. The molecular formula is C25H10N4O4. The van der Waals surface area contributed by atoms with E-state index in [9.17, 15) is 25.4 Å². The van der Waals surface area contributed by atoms with Gasteiger partial charge in [-0.15, -0.1) is 0 Å². The van der Waals surface area contributed by atoms with Crippen molar-refractivity contribution >= 4 is 28.8 Å². The summed E-state index contributed by atoms with van der Waals surface area (Å²) in [5.41, 5.74) is 7.40. The number of benzene rings is 3. The number of nitrogens with two attached hydrogens (primary N) is 1. The first-order valence-corrected chi connectivity index (χ1v) is 9.57. The quantitative estimate of drug-likeness (QED) is 0.361. The number of hydrogen-bond donors (Lipinski definition) is 1. The van der Waals surface area contributed by atoms with Gasteiger partial charge in [0.1, 0.15) is 29.7 Å². The molecule has 0 spiro atoms. The van der Waals surface area contributed by atoms with E-state index in [-0.39, 0.29) is 39.3 Å². The topological polar surface area (TPSA) is 150 Å². The number of nitriles is 3. The maximum absolute atomic E-state index is 12.7. The molecule has 2 aliphatic rings. The zero-order chi connectivity index (χ0) is 23.3. The zero-order valence-electron chi connectivity index (χ0n) is 16.7. The Morgan fingerprint density at radius 2 is 1.15 bits per heavy atom. The van der Waals surface area contributed by atoms with E-state index >= 15 is 0 Å². The van der Waals surface area contributed by atoms with Gasteiger partial charge in [-0.25, -0.2) is 9.59 Å². The van der Waals surface area contributed by atoms with Gasteiger partial charge >= 0.3 is 11.9 Å². The van der Waals surface area contributed by atoms with Crippen LogP contribution in [-0.2, 0) is 9.59 Å². The van der Waals surface area contributed by atoms with Crippen molar-refractivity contribution in [2.24, 2.45) is 0 Å². The third kappa shape index (κ3) is 2.90. The second-order valence-corrected chi connectivity index (χ2v) is 7.28. The molecule has 0 saturated heterocycles. The molecule has 8 heteroatoms. The molecule has 8 nitrogen and oxygen atoms in total. The van der Waals surface area contributed by atoms with Crippen LogP contribution in [0.4, 0.5) is 5.69 Å². The van der Waals surface area contributed by atoms with E-state index < -0.39 is 11.9 Å². The van der Waals surface area contributed by atoms with Crippen LogP contribution in [-0.4, -0.2) is 11.9 Å². The van der Waals surface area contributed by atoms with Gasteiger partial charge in [0.05, 0.1) is 27.8 Å². The van der Waals surface area contributed by atoms with E-state index in [1.165, 1.54) is 18.2 Å². The zero-order valence-corrected chi connectivity index (χ0v) is 16.7. The van der Waals surface area contributed by atoms with Crippen LogP contribution < -0.4 is 25.6 Å². The average Bonchev–Trinajstić information content (AvgIpc) is 3.30. The fourth-order valence-electron chi connectivity index (χ4n) is 3.92. The summed E-state index contributed by atoms with van der Waals surface area (Å²) < 4.78 is 10.9. The Bertz CT molecular complexity index is 1650. The van der Waals surface area contributed by atoms with Crippen LogP contribution in [0.25, 0.3) is 11.1 Å². The molecule has 0 radical (unpaired) electrons. The summed E-state index contributed by atoms with van der Waals surface area (Å²) in [6.07, 6.45) is 0. The largest absolute Gasteiger partial charge is 0.422 e. The van der Waals surface area contributed by atoms with Crippen molar-refractivity contribution in [1.29, 1.82) is 15.8 Å². The van der Waals surface area contributed by atoms with Crippen LogP contribution in [0.5, 0.6) is 11.5 Å². The summed E-state index contributed by atoms with van der Waals surface area (Å²) in [4.78, 5) is 25.3. The van der Waals surface area contributed by atoms with Crippen LogP contribution >= 0.6 is 0 Å². The molecule has 0 bridgehead atoms. The standard InChI is InChI=1S/C25H10N4O4/c26-9-14-5-13(6-15(10-27)19(14)11-28)23-18-8-20-17(7-21(18)33-25(23)31)22(24(30)32-20)12-1-3-16(29)4-2-12/h1-8H,29H2. The molecule has 0 saturated carbocycles. The summed E-state index contributed by atoms with van der Waals surface area (Å²) in [5.74, 6) is -0.785. The first-order valence-electron chi connectivity index (χ1n) is 9.57. The normalized spacial score (nSPS) is 13.4. The van der Waals surface area contributed by atoms with E-state index in [1.54, 1.807) is 30.3 Å². The SMILES string of the molecule is N#Cc1cc(C2=c3cc4c(cc3OC2=O)=C(c2ccc(N)cc2)C(=O)O4)cc(C#N)c1C#N. The third-order valence-electron chi connectivity index (χ3n) is 5.41. The minimum atomic E-state index is -0.688. The van der Waals surface area contributed by atoms with Gasteiger partial charge in [-0.05, 0) is 47.5 Å². The van der Waals surface area contributed by atoms with E-state index in [0.29, 0.717) is 27.3 Å². The maximum Gasteiger partial charge on any atom is 0.344 e. The summed E-state index contributed by atoms with van der Waals surface area (Å²) in [7, 11) is 0. The van der Waals surface area contributed by atoms with Gasteiger partial charge in [0, 0.05) is 16.1 Å². The first-order chi connectivity index (χ1) is 15.9. The molecule has 0 unspecified atom stereocenters. The highest BCUT2D eigenvalue weighted by Gasteiger charge is 2.31. The van der Waals surface area contributed by atoms with Crippen molar-refractivity contribution in [3.63, 3.8) is 0 Å². The van der Waals surface area contributed by atoms with Crippen molar-refractivity contribution in [2.75, 3.05) is 5.73 Å². The Morgan fingerprint density at radius 1 is 0.667 bits per heavy atom. The number of anilines is 1. The molecule has 0 fully saturated rings. The Labute approximate surface area is 186 Å². The predicted octanol–water partition coefficient (Wildman–Crippen LogP) is 1.12. The van der Waals surface area contributed by atoms with Crippen molar-refractivity contribution in [2.45, 2.75) is 0 Å². The van der Waals surface area contributed by atoms with E-state index in [1.807, 2.05) is 18.2 Å². The first kappa shape index (κ1) is 19.6. The molecule has 2 N–H and O–H groups in total. The number of esters is 2. The second kappa shape index (κ2) is 7.09. The second-order valence-electron chi connectivity index (χ2n) is 7.28. The van der Waals surface area contributed by atoms with Gasteiger partial charge in [0.25, 0.3) is 0 Å². The van der Waals surface area contributed by atoms with Crippen LogP contribution in [0.3, 0.4) is 0 Å². The van der Waals surface area contributed by atoms with Gasteiger partial charge in [0.15, 0.2) is 0 Å². The van der Waals surface area contributed by atoms with Gasteiger partial charge in [-0.1, -0.05) is 12.1 Å². The lowest BCUT2D eigenvalue weighted by Crippen LogP contribution is -2.11. The van der Waals surface area contributed by atoms with Crippen molar-refractivity contribution in [1.82, 2.24) is 0 Å². The number of carbonyl (C=O) groups is 2. The molecule has 2 aliphatic heterocycles. The van der Waals surface area contributed by atoms with E-state index in [2.05, 4.69) is 0 Å². The lowest BCUT2D eigenvalue weighted by Gasteiger charge is -2.04. The number of hydrogen-bond acceptors (Lipinski definition) is 8. The predicted molar refractivity (Wildman–Crippen MR) is 113 cm³/mol. The number of rotatable bonds is 2. The summed E-state index contributed by atoms with van der Waals surface area (Å²) in [6.45, 7) is 0. The van der Waals surface area contributed by atoms with Gasteiger partial charge in [0.2, 0.25) is 0 Å². The summed E-state index contributed by atoms with van der Waals surface area (Å²) in [6, 6.07) is 18.1. The smallest absolute Gasteiger partial charge is 0.344 e. The van der Waals surface area contributed by atoms with Gasteiger partial charge < -0.3 is 15.2 Å². The monoisotopic (exact) mass is 430 g/mol. The molecule has 3 aromatic rings. The van der Waals surface area contributed by atoms with Crippen molar-refractivity contribution in [3.05, 3.63) is 86.8 Å². The lowest BCUT2D eigenvalue weighted by atomic mass is 9.94. The number of carbonyl (C=O) groups excluding carboxylic acids is 2. The minimum absolute atomic E-state index is 0.0353. The number of nitrogens with zero attached hydrogens (tertiary/aromatic N) is 3. The Morgan fingerprint density at radius 3 is 1.61 bits per heavy atom. The molecule has 3 aromatic carbocycles. The fraction of sp³-hybridized carbons (Fsp3) is 0. The lowest BCUT2D eigenvalue weighted by molar-refractivity contribution is -0.128. The minimum Gasteiger partial charge on any atom is -0.422 e. The molecule has 0 aromatic heterocycles. The molecule has 0 aliphatic carbocycles. The Balaban J connectivity index is 1.79.